The molecule has 0 fully saturated rings. The van der Waals surface area contributed by atoms with Crippen molar-refractivity contribution in [1.29, 1.82) is 0 Å². The van der Waals surface area contributed by atoms with Gasteiger partial charge in [-0.1, -0.05) is 115 Å². The SMILES string of the molecule is CC12CC3=C4B5c6c(cc(-c7ccccc7)cc6N(c6ccccc6)c6c5c(cc5oc7c(ccc8oc9ccccc9c87)c65)S3)N(c3ccccc3)C4=C1c1ccc3oc4ccccc4c3c1O2. The second-order valence-electron chi connectivity index (χ2n) is 19.2. The molecule has 0 bridgehead atoms. The Hall–Kier alpha value is -8.33. The van der Waals surface area contributed by atoms with Crippen LogP contribution in [-0.2, 0) is 0 Å². The van der Waals surface area contributed by atoms with Crippen molar-refractivity contribution in [2.75, 3.05) is 9.80 Å². The zero-order valence-electron chi connectivity index (χ0n) is 37.0. The molecule has 17 rings (SSSR count). The molecule has 322 valence electrons. The molecule has 5 aliphatic rings. The Morgan fingerprint density at radius 1 is 0.522 bits per heavy atom. The molecule has 0 radical (unpaired) electrons. The first kappa shape index (κ1) is 36.8. The second-order valence-corrected chi connectivity index (χ2v) is 20.3. The van der Waals surface area contributed by atoms with E-state index in [1.807, 2.05) is 30.0 Å². The van der Waals surface area contributed by atoms with Gasteiger partial charge in [-0.3, -0.25) is 0 Å². The Labute approximate surface area is 399 Å². The number of thioether (sulfide) groups is 1. The molecule has 8 heteroatoms. The fraction of sp³-hybridized carbons (Fsp3) is 0.0492. The maximum absolute atomic E-state index is 7.53. The van der Waals surface area contributed by atoms with E-state index in [9.17, 15) is 0 Å². The largest absolute Gasteiger partial charge is 0.481 e. The van der Waals surface area contributed by atoms with Gasteiger partial charge in [0.1, 0.15) is 44.8 Å². The van der Waals surface area contributed by atoms with Crippen molar-refractivity contribution in [2.45, 2.75) is 23.8 Å². The summed E-state index contributed by atoms with van der Waals surface area (Å²) in [4.78, 5) is 7.64. The lowest BCUT2D eigenvalue weighted by Gasteiger charge is -2.51. The molecule has 3 aromatic heterocycles. The van der Waals surface area contributed by atoms with Crippen molar-refractivity contribution in [3.05, 3.63) is 204 Å². The molecule has 9 aromatic carbocycles. The number of furan rings is 3. The van der Waals surface area contributed by atoms with Crippen LogP contribution in [0.15, 0.2) is 216 Å². The summed E-state index contributed by atoms with van der Waals surface area (Å²) in [5, 5.41) is 6.32. The molecule has 1 aliphatic carbocycles. The van der Waals surface area contributed by atoms with Crippen molar-refractivity contribution in [3.8, 4) is 16.9 Å². The predicted octanol–water partition coefficient (Wildman–Crippen LogP) is 15.5. The zero-order chi connectivity index (χ0) is 44.9. The van der Waals surface area contributed by atoms with E-state index >= 15 is 0 Å². The lowest BCUT2D eigenvalue weighted by Crippen LogP contribution is -2.60. The van der Waals surface area contributed by atoms with Gasteiger partial charge < -0.3 is 27.8 Å². The average molecular weight is 903 g/mol. The van der Waals surface area contributed by atoms with Crippen molar-refractivity contribution in [3.63, 3.8) is 0 Å². The maximum Gasteiger partial charge on any atom is 0.254 e. The van der Waals surface area contributed by atoms with E-state index in [1.165, 1.54) is 37.5 Å². The lowest BCUT2D eigenvalue weighted by molar-refractivity contribution is 0.170. The number of ether oxygens (including phenoxy) is 1. The van der Waals surface area contributed by atoms with Crippen LogP contribution in [-0.4, -0.2) is 12.3 Å². The number of benzene rings is 9. The summed E-state index contributed by atoms with van der Waals surface area (Å²) >= 11 is 1.89. The Balaban J connectivity index is 1.06. The third-order valence-corrected chi connectivity index (χ3v) is 16.6. The first-order valence-electron chi connectivity index (χ1n) is 23.6. The van der Waals surface area contributed by atoms with Crippen molar-refractivity contribution >= 4 is 129 Å². The van der Waals surface area contributed by atoms with Crippen LogP contribution >= 0.6 is 11.8 Å². The van der Waals surface area contributed by atoms with E-state index in [1.54, 1.807) is 0 Å². The van der Waals surface area contributed by atoms with Crippen LogP contribution in [0.25, 0.3) is 82.5 Å². The van der Waals surface area contributed by atoms with Gasteiger partial charge in [0.2, 0.25) is 0 Å². The summed E-state index contributed by atoms with van der Waals surface area (Å²) in [6, 6.07) is 65.3. The predicted molar refractivity (Wildman–Crippen MR) is 282 cm³/mol. The number of hydrogen-bond acceptors (Lipinski definition) is 7. The number of para-hydroxylation sites is 4. The highest BCUT2D eigenvalue weighted by Gasteiger charge is 2.57. The summed E-state index contributed by atoms with van der Waals surface area (Å²) in [5.74, 6) is 0.893. The smallest absolute Gasteiger partial charge is 0.254 e. The number of fused-ring (bicyclic) bond motifs is 15. The second kappa shape index (κ2) is 12.8. The van der Waals surface area contributed by atoms with Gasteiger partial charge in [-0.05, 0) is 118 Å². The molecular formula is C61H35BN2O4S. The van der Waals surface area contributed by atoms with Crippen LogP contribution in [0.4, 0.5) is 28.4 Å². The summed E-state index contributed by atoms with van der Waals surface area (Å²) in [6.45, 7) is 2.21. The highest BCUT2D eigenvalue weighted by atomic mass is 32.2. The van der Waals surface area contributed by atoms with Gasteiger partial charge >= 0.3 is 0 Å². The maximum atomic E-state index is 7.53. The molecule has 12 aromatic rings. The highest BCUT2D eigenvalue weighted by Crippen LogP contribution is 2.63. The molecule has 6 nitrogen and oxygen atoms in total. The Morgan fingerprint density at radius 3 is 1.88 bits per heavy atom. The Bertz CT molecular complexity index is 4380. The highest BCUT2D eigenvalue weighted by molar-refractivity contribution is 8.03. The number of nitrogens with zero attached hydrogens (tertiary/aromatic N) is 2. The van der Waals surface area contributed by atoms with Gasteiger partial charge in [-0.2, -0.15) is 0 Å². The van der Waals surface area contributed by atoms with Crippen LogP contribution in [0.2, 0.25) is 0 Å². The molecule has 69 heavy (non-hydrogen) atoms. The number of hydrogen-bond donors (Lipinski definition) is 0. The quantitative estimate of drug-likeness (QED) is 0.164. The van der Waals surface area contributed by atoms with Gasteiger partial charge in [-0.25, -0.2) is 0 Å². The monoisotopic (exact) mass is 902 g/mol. The van der Waals surface area contributed by atoms with E-state index in [-0.39, 0.29) is 6.71 Å². The number of allylic oxidation sites excluding steroid dienone is 1. The molecule has 0 saturated carbocycles. The topological polar surface area (TPSA) is 55.1 Å². The first-order valence-corrected chi connectivity index (χ1v) is 24.5. The molecule has 0 saturated heterocycles. The van der Waals surface area contributed by atoms with Gasteiger partial charge in [0.25, 0.3) is 6.71 Å². The minimum atomic E-state index is -0.691. The van der Waals surface area contributed by atoms with Crippen LogP contribution in [0.1, 0.15) is 18.9 Å². The van der Waals surface area contributed by atoms with Crippen molar-refractivity contribution in [2.24, 2.45) is 0 Å². The van der Waals surface area contributed by atoms with E-state index < -0.39 is 5.60 Å². The van der Waals surface area contributed by atoms with Gasteiger partial charge in [-0.15, -0.1) is 0 Å². The van der Waals surface area contributed by atoms with Crippen molar-refractivity contribution < 1.29 is 18.0 Å². The lowest BCUT2D eigenvalue weighted by atomic mass is 9.31. The molecule has 1 unspecified atom stereocenters. The van der Waals surface area contributed by atoms with Gasteiger partial charge in [0, 0.05) is 61.4 Å². The van der Waals surface area contributed by atoms with Crippen LogP contribution in [0, 0.1) is 0 Å². The molecule has 7 heterocycles. The normalized spacial score (nSPS) is 17.5. The summed E-state index contributed by atoms with van der Waals surface area (Å²) < 4.78 is 27.7. The Morgan fingerprint density at radius 2 is 1.14 bits per heavy atom. The fourth-order valence-corrected chi connectivity index (χ4v) is 14.2. The first-order chi connectivity index (χ1) is 34.1. The van der Waals surface area contributed by atoms with Gasteiger partial charge in [0.15, 0.2) is 0 Å². The van der Waals surface area contributed by atoms with Crippen molar-refractivity contribution in [1.82, 2.24) is 0 Å². The van der Waals surface area contributed by atoms with E-state index in [0.717, 1.165) is 117 Å². The molecule has 1 atom stereocenters. The third kappa shape index (κ3) is 4.60. The van der Waals surface area contributed by atoms with Crippen LogP contribution < -0.4 is 25.5 Å². The standard InChI is InChI=1S/C61H35BN2O4S/c1-61-32-49-56-58(53(61)40-26-28-46-52(60(40)68-61)38-22-12-14-24-44(38)66-46)64(36-19-9-4-10-20-36)42-30-34(33-15-5-2-6-16-33)29-41-54(42)62(56)55-48(69-49)31-47-50(57(55)63(41)35-17-7-3-8-18-35)39-25-27-45-51(59(39)67-47)37-21-11-13-23-43(37)65-45/h2-31H,32H2,1H3. The van der Waals surface area contributed by atoms with E-state index in [2.05, 4.69) is 181 Å². The van der Waals surface area contributed by atoms with E-state index in [4.69, 9.17) is 18.0 Å². The van der Waals surface area contributed by atoms with Gasteiger partial charge in [0.05, 0.1) is 27.5 Å². The number of rotatable bonds is 3. The fourth-order valence-electron chi connectivity index (χ4n) is 12.8. The molecule has 4 aliphatic heterocycles. The minimum absolute atomic E-state index is 0.0941. The number of anilines is 5. The average Bonchev–Trinajstić information content (AvgIpc) is 4.15. The summed E-state index contributed by atoms with van der Waals surface area (Å²) in [6.07, 6.45) is 0.709. The van der Waals surface area contributed by atoms with E-state index in [0.29, 0.717) is 6.42 Å². The molecule has 0 spiro atoms. The molecular weight excluding hydrogens is 868 g/mol. The molecule has 0 N–H and O–H groups in total. The van der Waals surface area contributed by atoms with Crippen LogP contribution in [0.5, 0.6) is 5.75 Å². The third-order valence-electron chi connectivity index (χ3n) is 15.5. The molecule has 0 amide bonds. The summed E-state index contributed by atoms with van der Waals surface area (Å²) in [5.41, 5.74) is 19.8. The Kier molecular flexibility index (Phi) is 6.82. The summed E-state index contributed by atoms with van der Waals surface area (Å²) in [7, 11) is 0. The zero-order valence-corrected chi connectivity index (χ0v) is 37.9. The van der Waals surface area contributed by atoms with Crippen LogP contribution in [0.3, 0.4) is 0 Å². The minimum Gasteiger partial charge on any atom is -0.481 e.